The topological polar surface area (TPSA) is 45.8 Å². The predicted molar refractivity (Wildman–Crippen MR) is 91.1 cm³/mol. The van der Waals surface area contributed by atoms with Crippen molar-refractivity contribution < 1.29 is 0 Å². The van der Waals surface area contributed by atoms with Gasteiger partial charge in [0.1, 0.15) is 5.82 Å². The number of rotatable bonds is 2. The molecular weight excluding hydrogens is 363 g/mol. The van der Waals surface area contributed by atoms with Crippen LogP contribution in [0.5, 0.6) is 0 Å². The van der Waals surface area contributed by atoms with Crippen LogP contribution in [0.3, 0.4) is 0 Å². The highest BCUT2D eigenvalue weighted by Crippen LogP contribution is 2.42. The smallest absolute Gasteiger partial charge is 0.264 e. The molecule has 0 bridgehead atoms. The van der Waals surface area contributed by atoms with Gasteiger partial charge >= 0.3 is 0 Å². The lowest BCUT2D eigenvalue weighted by Crippen LogP contribution is -2.27. The van der Waals surface area contributed by atoms with Crippen LogP contribution in [0.15, 0.2) is 4.79 Å². The first-order valence-corrected chi connectivity index (χ1v) is 8.69. The molecule has 1 aromatic heterocycles. The minimum absolute atomic E-state index is 0.0328. The van der Waals surface area contributed by atoms with Crippen molar-refractivity contribution >= 4 is 22.6 Å². The van der Waals surface area contributed by atoms with Crippen molar-refractivity contribution in [3.8, 4) is 0 Å². The maximum atomic E-state index is 12.0. The van der Waals surface area contributed by atoms with E-state index in [0.717, 1.165) is 40.3 Å². The van der Waals surface area contributed by atoms with Crippen molar-refractivity contribution in [1.29, 1.82) is 0 Å². The molecule has 0 unspecified atom stereocenters. The molecule has 2 rings (SSSR count). The molecule has 1 heterocycles. The Balaban J connectivity index is 2.15. The number of aryl methyl sites for hydroxylation is 1. The molecule has 1 N–H and O–H groups in total. The Morgan fingerprint density at radius 2 is 1.85 bits per heavy atom. The third-order valence-corrected chi connectivity index (χ3v) is 5.74. The third kappa shape index (κ3) is 3.43. The van der Waals surface area contributed by atoms with Gasteiger partial charge in [-0.3, -0.25) is 4.79 Å². The van der Waals surface area contributed by atoms with Crippen LogP contribution in [0, 0.1) is 14.9 Å². The summed E-state index contributed by atoms with van der Waals surface area (Å²) in [5.74, 6) is 2.14. The van der Waals surface area contributed by atoms with Gasteiger partial charge in [0.25, 0.3) is 5.56 Å². The molecule has 20 heavy (non-hydrogen) atoms. The van der Waals surface area contributed by atoms with Crippen molar-refractivity contribution in [3.63, 3.8) is 0 Å². The molecule has 0 saturated heterocycles. The van der Waals surface area contributed by atoms with Crippen LogP contribution in [-0.2, 0) is 6.42 Å². The zero-order valence-electron chi connectivity index (χ0n) is 12.9. The Morgan fingerprint density at radius 3 is 2.35 bits per heavy atom. The van der Waals surface area contributed by atoms with E-state index in [9.17, 15) is 4.79 Å². The Hall–Kier alpha value is -0.390. The van der Waals surface area contributed by atoms with Gasteiger partial charge < -0.3 is 4.98 Å². The van der Waals surface area contributed by atoms with Gasteiger partial charge in [-0.05, 0) is 66.0 Å². The van der Waals surface area contributed by atoms with Gasteiger partial charge in [-0.2, -0.15) is 0 Å². The van der Waals surface area contributed by atoms with E-state index in [1.165, 1.54) is 12.8 Å². The minimum Gasteiger partial charge on any atom is -0.309 e. The van der Waals surface area contributed by atoms with Crippen LogP contribution >= 0.6 is 22.6 Å². The summed E-state index contributed by atoms with van der Waals surface area (Å²) in [6.07, 6.45) is 5.60. The first-order valence-electron chi connectivity index (χ1n) is 7.61. The van der Waals surface area contributed by atoms with Gasteiger partial charge in [-0.1, -0.05) is 27.7 Å². The van der Waals surface area contributed by atoms with Crippen LogP contribution in [0.25, 0.3) is 0 Å². The van der Waals surface area contributed by atoms with Gasteiger partial charge in [-0.25, -0.2) is 4.98 Å². The number of aromatic amines is 1. The number of H-pyrrole nitrogens is 1. The minimum atomic E-state index is 0.0328. The molecular formula is C16H25IN2O. The number of hydrogen-bond acceptors (Lipinski definition) is 2. The van der Waals surface area contributed by atoms with E-state index in [-0.39, 0.29) is 5.56 Å². The molecule has 0 spiro atoms. The average Bonchev–Trinajstić information content (AvgIpc) is 2.41. The predicted octanol–water partition coefficient (Wildman–Crippen LogP) is 4.26. The molecule has 0 atom stereocenters. The van der Waals surface area contributed by atoms with Crippen LogP contribution < -0.4 is 5.56 Å². The van der Waals surface area contributed by atoms with Crippen molar-refractivity contribution in [2.75, 3.05) is 0 Å². The molecule has 0 amide bonds. The summed E-state index contributed by atoms with van der Waals surface area (Å²) >= 11 is 2.10. The Morgan fingerprint density at radius 1 is 1.25 bits per heavy atom. The van der Waals surface area contributed by atoms with Crippen LogP contribution in [-0.4, -0.2) is 9.97 Å². The highest BCUT2D eigenvalue weighted by Gasteiger charge is 2.31. The monoisotopic (exact) mass is 388 g/mol. The third-order valence-electron chi connectivity index (χ3n) is 4.62. The normalized spacial score (nSPS) is 23.9. The lowest BCUT2D eigenvalue weighted by Gasteiger charge is -2.36. The first-order chi connectivity index (χ1) is 9.32. The molecule has 112 valence electrons. The molecule has 4 heteroatoms. The molecule has 1 fully saturated rings. The van der Waals surface area contributed by atoms with E-state index in [1.807, 2.05) is 0 Å². The van der Waals surface area contributed by atoms with E-state index in [2.05, 4.69) is 55.3 Å². The second kappa shape index (κ2) is 6.16. The number of aromatic nitrogens is 2. The van der Waals surface area contributed by atoms with E-state index in [0.29, 0.717) is 11.3 Å². The quantitative estimate of drug-likeness (QED) is 0.770. The number of hydrogen-bond donors (Lipinski definition) is 1. The molecule has 1 aliphatic rings. The van der Waals surface area contributed by atoms with Gasteiger partial charge in [-0.15, -0.1) is 0 Å². The van der Waals surface area contributed by atoms with E-state index in [4.69, 9.17) is 4.98 Å². The van der Waals surface area contributed by atoms with E-state index >= 15 is 0 Å². The maximum absolute atomic E-state index is 12.0. The molecule has 1 aliphatic carbocycles. The van der Waals surface area contributed by atoms with E-state index < -0.39 is 0 Å². The molecule has 1 aromatic rings. The molecule has 0 aromatic carbocycles. The van der Waals surface area contributed by atoms with Crippen molar-refractivity contribution in [2.45, 2.75) is 65.7 Å². The SMILES string of the molecule is CCc1nc(C2CCC(C(C)(C)C)CC2)[nH]c(=O)c1I. The first kappa shape index (κ1) is 16.0. The average molecular weight is 388 g/mol. The number of nitrogens with zero attached hydrogens (tertiary/aromatic N) is 1. The Bertz CT molecular complexity index is 522. The Labute approximate surface area is 135 Å². The highest BCUT2D eigenvalue weighted by atomic mass is 127. The van der Waals surface area contributed by atoms with Crippen LogP contribution in [0.2, 0.25) is 0 Å². The summed E-state index contributed by atoms with van der Waals surface area (Å²) in [5.41, 5.74) is 1.37. The fraction of sp³-hybridized carbons (Fsp3) is 0.750. The lowest BCUT2D eigenvalue weighted by atomic mass is 9.69. The highest BCUT2D eigenvalue weighted by molar-refractivity contribution is 14.1. The Kier molecular flexibility index (Phi) is 4.92. The number of halogens is 1. The fourth-order valence-corrected chi connectivity index (χ4v) is 3.82. The molecule has 1 saturated carbocycles. The summed E-state index contributed by atoms with van der Waals surface area (Å²) < 4.78 is 0.747. The molecule has 3 nitrogen and oxygen atoms in total. The van der Waals surface area contributed by atoms with Crippen LogP contribution in [0.4, 0.5) is 0 Å². The van der Waals surface area contributed by atoms with Crippen molar-refractivity contribution in [1.82, 2.24) is 9.97 Å². The summed E-state index contributed by atoms with van der Waals surface area (Å²) in [7, 11) is 0. The zero-order valence-corrected chi connectivity index (χ0v) is 15.1. The van der Waals surface area contributed by atoms with Crippen LogP contribution in [0.1, 0.15) is 70.8 Å². The second-order valence-corrected chi connectivity index (χ2v) is 8.06. The lowest BCUT2D eigenvalue weighted by molar-refractivity contribution is 0.167. The van der Waals surface area contributed by atoms with Crippen molar-refractivity contribution in [3.05, 3.63) is 25.4 Å². The number of nitrogens with one attached hydrogen (secondary N) is 1. The van der Waals surface area contributed by atoms with Crippen molar-refractivity contribution in [2.24, 2.45) is 11.3 Å². The van der Waals surface area contributed by atoms with Gasteiger partial charge in [0, 0.05) is 5.92 Å². The molecule has 0 aliphatic heterocycles. The largest absolute Gasteiger partial charge is 0.309 e. The summed E-state index contributed by atoms with van der Waals surface area (Å²) in [6.45, 7) is 9.05. The standard InChI is InChI=1S/C16H25IN2O/c1-5-12-13(17)15(20)19-14(18-12)10-6-8-11(9-7-10)16(2,3)4/h10-11H,5-9H2,1-4H3,(H,18,19,20). The second-order valence-electron chi connectivity index (χ2n) is 6.98. The maximum Gasteiger partial charge on any atom is 0.264 e. The van der Waals surface area contributed by atoms with E-state index in [1.54, 1.807) is 0 Å². The summed E-state index contributed by atoms with van der Waals surface area (Å²) in [5, 5.41) is 0. The van der Waals surface area contributed by atoms with Gasteiger partial charge in [0.05, 0.1) is 9.26 Å². The molecule has 0 radical (unpaired) electrons. The van der Waals surface area contributed by atoms with Gasteiger partial charge in [0.2, 0.25) is 0 Å². The van der Waals surface area contributed by atoms with Gasteiger partial charge in [0.15, 0.2) is 0 Å². The fourth-order valence-electron chi connectivity index (χ4n) is 3.19. The summed E-state index contributed by atoms with van der Waals surface area (Å²) in [4.78, 5) is 19.7. The zero-order chi connectivity index (χ0) is 14.9. The summed E-state index contributed by atoms with van der Waals surface area (Å²) in [6, 6.07) is 0.